The minimum atomic E-state index is -0.291. The number of likely N-dealkylation sites (tertiary alicyclic amines) is 1. The Hall–Kier alpha value is -3.39. The summed E-state index contributed by atoms with van der Waals surface area (Å²) in [6.07, 6.45) is 1.97. The van der Waals surface area contributed by atoms with Crippen molar-refractivity contribution in [2.75, 3.05) is 40.5 Å². The van der Waals surface area contributed by atoms with E-state index in [0.29, 0.717) is 50.5 Å². The van der Waals surface area contributed by atoms with Gasteiger partial charge in [-0.1, -0.05) is 23.8 Å². The minimum Gasteiger partial charge on any atom is -0.497 e. The van der Waals surface area contributed by atoms with Crippen LogP contribution in [-0.2, 0) is 14.3 Å². The number of hydrogen-bond acceptors (Lipinski definition) is 7. The van der Waals surface area contributed by atoms with E-state index in [9.17, 15) is 9.59 Å². The number of methoxy groups -OCH3 is 2. The predicted octanol–water partition coefficient (Wildman–Crippen LogP) is 4.27. The van der Waals surface area contributed by atoms with Crippen LogP contribution in [0.5, 0.6) is 11.5 Å². The molecule has 2 aromatic carbocycles. The molecule has 1 saturated heterocycles. The molecule has 2 aromatic rings. The fourth-order valence-electron chi connectivity index (χ4n) is 5.23. The van der Waals surface area contributed by atoms with Gasteiger partial charge in [0.1, 0.15) is 11.5 Å². The number of hydrogen-bond donors (Lipinski definition) is 0. The molecule has 198 valence electrons. The fraction of sp³-hybridized carbons (Fsp3) is 0.483. The highest BCUT2D eigenvalue weighted by Gasteiger charge is 2.36. The lowest BCUT2D eigenvalue weighted by Crippen LogP contribution is -2.43. The molecule has 0 bridgehead atoms. The highest BCUT2D eigenvalue weighted by Crippen LogP contribution is 2.39. The number of ether oxygens (including phenoxy) is 3. The lowest BCUT2D eigenvalue weighted by Gasteiger charge is -2.32. The zero-order valence-corrected chi connectivity index (χ0v) is 22.5. The maximum atomic E-state index is 13.7. The molecule has 1 atom stereocenters. The molecular formula is C29H37N3O5. The van der Waals surface area contributed by atoms with Gasteiger partial charge in [-0.15, -0.1) is 0 Å². The second-order valence-electron chi connectivity index (χ2n) is 9.73. The second-order valence-corrected chi connectivity index (χ2v) is 9.73. The number of carbonyl (C=O) groups excluding carboxylic acids is 2. The summed E-state index contributed by atoms with van der Waals surface area (Å²) >= 11 is 0. The zero-order chi connectivity index (χ0) is 26.5. The molecule has 1 amide bonds. The van der Waals surface area contributed by atoms with Crippen molar-refractivity contribution in [2.24, 2.45) is 11.0 Å². The van der Waals surface area contributed by atoms with E-state index in [1.165, 1.54) is 5.56 Å². The van der Waals surface area contributed by atoms with E-state index in [4.69, 9.17) is 19.3 Å². The van der Waals surface area contributed by atoms with Gasteiger partial charge >= 0.3 is 5.97 Å². The van der Waals surface area contributed by atoms with Crippen molar-refractivity contribution in [3.63, 3.8) is 0 Å². The number of carbonyl (C=O) groups is 2. The first-order chi connectivity index (χ1) is 17.8. The molecule has 0 radical (unpaired) electrons. The Bertz CT molecular complexity index is 1170. The summed E-state index contributed by atoms with van der Waals surface area (Å²) in [5.74, 6) is 1.05. The highest BCUT2D eigenvalue weighted by molar-refractivity contribution is 6.04. The maximum Gasteiger partial charge on any atom is 0.309 e. The van der Waals surface area contributed by atoms with Gasteiger partial charge < -0.3 is 14.2 Å². The molecule has 4 rings (SSSR count). The number of esters is 1. The summed E-state index contributed by atoms with van der Waals surface area (Å²) in [6.45, 7) is 7.95. The van der Waals surface area contributed by atoms with Crippen molar-refractivity contribution < 1.29 is 23.8 Å². The van der Waals surface area contributed by atoms with Crippen LogP contribution < -0.4 is 9.47 Å². The molecule has 2 heterocycles. The molecule has 2 aliphatic heterocycles. The SMILES string of the molecule is CCOC(=O)C1CCN(CC(=O)N2N=C(c3ccc(C)cc3C)C[C@@H]2c2ccc(OC)cc2OC)CC1. The topological polar surface area (TPSA) is 80.7 Å². The van der Waals surface area contributed by atoms with Crippen molar-refractivity contribution in [1.29, 1.82) is 0 Å². The molecule has 0 saturated carbocycles. The Morgan fingerprint density at radius 1 is 1.03 bits per heavy atom. The first-order valence-corrected chi connectivity index (χ1v) is 12.9. The van der Waals surface area contributed by atoms with Gasteiger partial charge in [0.15, 0.2) is 0 Å². The third-order valence-electron chi connectivity index (χ3n) is 7.22. The summed E-state index contributed by atoms with van der Waals surface area (Å²) in [5, 5.41) is 6.49. The van der Waals surface area contributed by atoms with Crippen LogP contribution in [0.3, 0.4) is 0 Å². The molecule has 0 spiro atoms. The van der Waals surface area contributed by atoms with Crippen LogP contribution in [0.4, 0.5) is 0 Å². The van der Waals surface area contributed by atoms with E-state index >= 15 is 0 Å². The van der Waals surface area contributed by atoms with Crippen LogP contribution >= 0.6 is 0 Å². The molecule has 0 aromatic heterocycles. The van der Waals surface area contributed by atoms with E-state index in [0.717, 1.165) is 22.4 Å². The molecule has 37 heavy (non-hydrogen) atoms. The molecule has 0 aliphatic carbocycles. The third kappa shape index (κ3) is 5.96. The Labute approximate surface area is 219 Å². The Kier molecular flexibility index (Phi) is 8.48. The monoisotopic (exact) mass is 507 g/mol. The molecule has 1 fully saturated rings. The summed E-state index contributed by atoms with van der Waals surface area (Å²) in [5.41, 5.74) is 5.14. The standard InChI is InChI=1S/C29H37N3O5/c1-6-37-29(34)21-11-13-31(14-12-21)18-28(33)32-26(24-10-8-22(35-4)16-27(24)36-5)17-25(30-32)23-9-7-19(2)15-20(23)3/h7-10,15-16,21,26H,6,11-14,17-18H2,1-5H3/t26-/m1/s1. The average Bonchev–Trinajstić information content (AvgIpc) is 3.34. The number of amides is 1. The van der Waals surface area contributed by atoms with Gasteiger partial charge in [-0.05, 0) is 64.4 Å². The molecule has 8 nitrogen and oxygen atoms in total. The van der Waals surface area contributed by atoms with Gasteiger partial charge in [-0.25, -0.2) is 5.01 Å². The average molecular weight is 508 g/mol. The first-order valence-electron chi connectivity index (χ1n) is 12.9. The van der Waals surface area contributed by atoms with Crippen molar-refractivity contribution >= 4 is 17.6 Å². The quantitative estimate of drug-likeness (QED) is 0.497. The fourth-order valence-corrected chi connectivity index (χ4v) is 5.23. The summed E-state index contributed by atoms with van der Waals surface area (Å²) in [4.78, 5) is 27.9. The van der Waals surface area contributed by atoms with E-state index in [2.05, 4.69) is 36.9 Å². The second kappa shape index (κ2) is 11.8. The molecular weight excluding hydrogens is 470 g/mol. The van der Waals surface area contributed by atoms with Gasteiger partial charge in [0, 0.05) is 23.6 Å². The first kappa shape index (κ1) is 26.7. The Morgan fingerprint density at radius 3 is 2.43 bits per heavy atom. The van der Waals surface area contributed by atoms with E-state index in [-0.39, 0.29) is 30.4 Å². The number of hydrazone groups is 1. The van der Waals surface area contributed by atoms with Gasteiger partial charge in [0.25, 0.3) is 5.91 Å². The number of piperidine rings is 1. The van der Waals surface area contributed by atoms with Crippen LogP contribution in [0.2, 0.25) is 0 Å². The minimum absolute atomic E-state index is 0.0720. The van der Waals surface area contributed by atoms with Crippen LogP contribution in [0.15, 0.2) is 41.5 Å². The van der Waals surface area contributed by atoms with Crippen LogP contribution in [-0.4, -0.2) is 68.0 Å². The zero-order valence-electron chi connectivity index (χ0n) is 22.5. The van der Waals surface area contributed by atoms with Gasteiger partial charge in [-0.3, -0.25) is 14.5 Å². The number of nitrogens with zero attached hydrogens (tertiary/aromatic N) is 3. The molecule has 0 N–H and O–H groups in total. The van der Waals surface area contributed by atoms with Crippen molar-refractivity contribution in [3.8, 4) is 11.5 Å². The lowest BCUT2D eigenvalue weighted by atomic mass is 9.94. The van der Waals surface area contributed by atoms with E-state index < -0.39 is 0 Å². The molecule has 2 aliphatic rings. The number of rotatable bonds is 8. The normalized spacial score (nSPS) is 18.5. The van der Waals surface area contributed by atoms with E-state index in [1.54, 1.807) is 19.2 Å². The summed E-state index contributed by atoms with van der Waals surface area (Å²) < 4.78 is 16.2. The van der Waals surface area contributed by atoms with Gasteiger partial charge in [0.05, 0.1) is 45.0 Å². The summed E-state index contributed by atoms with van der Waals surface area (Å²) in [6, 6.07) is 11.7. The third-order valence-corrected chi connectivity index (χ3v) is 7.22. The van der Waals surface area contributed by atoms with Crippen molar-refractivity contribution in [3.05, 3.63) is 58.7 Å². The Balaban J connectivity index is 1.57. The summed E-state index contributed by atoms with van der Waals surface area (Å²) in [7, 11) is 3.24. The number of benzene rings is 2. The maximum absolute atomic E-state index is 13.7. The predicted molar refractivity (Wildman–Crippen MR) is 142 cm³/mol. The molecule has 0 unspecified atom stereocenters. The van der Waals surface area contributed by atoms with Gasteiger partial charge in [-0.2, -0.15) is 5.10 Å². The van der Waals surface area contributed by atoms with Crippen LogP contribution in [0, 0.1) is 19.8 Å². The van der Waals surface area contributed by atoms with Gasteiger partial charge in [0.2, 0.25) is 0 Å². The van der Waals surface area contributed by atoms with Crippen LogP contribution in [0.25, 0.3) is 0 Å². The van der Waals surface area contributed by atoms with Crippen molar-refractivity contribution in [2.45, 2.75) is 46.1 Å². The highest BCUT2D eigenvalue weighted by atomic mass is 16.5. The smallest absolute Gasteiger partial charge is 0.309 e. The molecule has 8 heteroatoms. The van der Waals surface area contributed by atoms with Crippen LogP contribution in [0.1, 0.15) is 54.5 Å². The lowest BCUT2D eigenvalue weighted by molar-refractivity contribution is -0.149. The van der Waals surface area contributed by atoms with Crippen molar-refractivity contribution in [1.82, 2.24) is 9.91 Å². The van der Waals surface area contributed by atoms with E-state index in [1.807, 2.05) is 25.1 Å². The Morgan fingerprint density at radius 2 is 1.78 bits per heavy atom. The largest absolute Gasteiger partial charge is 0.497 e. The number of aryl methyl sites for hydroxylation is 2.